The summed E-state index contributed by atoms with van der Waals surface area (Å²) >= 11 is 0. The Morgan fingerprint density at radius 2 is 2.44 bits per heavy atom. The van der Waals surface area contributed by atoms with E-state index in [2.05, 4.69) is 17.3 Å². The predicted octanol–water partition coefficient (Wildman–Crippen LogP) is 0.667. The number of unbranched alkanes of at least 4 members (excludes halogenated alkanes) is 1. The summed E-state index contributed by atoms with van der Waals surface area (Å²) in [5.41, 5.74) is 6.18. The van der Waals surface area contributed by atoms with Crippen molar-refractivity contribution in [1.29, 1.82) is 0 Å². The molecule has 0 spiro atoms. The first-order chi connectivity index (χ1) is 7.69. The summed E-state index contributed by atoms with van der Waals surface area (Å²) in [6.45, 7) is 2.60. The average molecular weight is 224 g/mol. The molecule has 0 radical (unpaired) electrons. The fourth-order valence-electron chi connectivity index (χ4n) is 1.56. The quantitative estimate of drug-likeness (QED) is 0.746. The van der Waals surface area contributed by atoms with E-state index in [9.17, 15) is 4.79 Å². The lowest BCUT2D eigenvalue weighted by atomic mass is 10.1. The summed E-state index contributed by atoms with van der Waals surface area (Å²) in [6, 6.07) is 1.75. The normalized spacial score (nSPS) is 12.4. The third-order valence-electron chi connectivity index (χ3n) is 2.58. The molecule has 0 aromatic carbocycles. The molecule has 1 heterocycles. The van der Waals surface area contributed by atoms with E-state index in [0.29, 0.717) is 12.2 Å². The van der Waals surface area contributed by atoms with Crippen LogP contribution in [0.15, 0.2) is 12.3 Å². The lowest BCUT2D eigenvalue weighted by molar-refractivity contribution is 0.0926. The van der Waals surface area contributed by atoms with Crippen LogP contribution in [0, 0.1) is 0 Å². The van der Waals surface area contributed by atoms with Crippen molar-refractivity contribution in [1.82, 2.24) is 15.1 Å². The molecule has 0 aliphatic carbocycles. The van der Waals surface area contributed by atoms with Crippen molar-refractivity contribution in [2.45, 2.75) is 32.2 Å². The lowest BCUT2D eigenvalue weighted by Crippen LogP contribution is -2.40. The zero-order chi connectivity index (χ0) is 12.0. The van der Waals surface area contributed by atoms with E-state index in [1.807, 2.05) is 0 Å². The highest BCUT2D eigenvalue weighted by atomic mass is 16.2. The molecule has 5 heteroatoms. The van der Waals surface area contributed by atoms with Crippen LogP contribution in [0.1, 0.15) is 36.7 Å². The van der Waals surface area contributed by atoms with Crippen LogP contribution in [-0.4, -0.2) is 28.3 Å². The van der Waals surface area contributed by atoms with Crippen LogP contribution in [0.25, 0.3) is 0 Å². The van der Waals surface area contributed by atoms with Gasteiger partial charge in [-0.05, 0) is 12.5 Å². The van der Waals surface area contributed by atoms with Crippen molar-refractivity contribution in [3.8, 4) is 0 Å². The van der Waals surface area contributed by atoms with Gasteiger partial charge in [-0.2, -0.15) is 5.10 Å². The minimum Gasteiger partial charge on any atom is -0.347 e. The van der Waals surface area contributed by atoms with Gasteiger partial charge in [0.05, 0.1) is 0 Å². The molecule has 3 N–H and O–H groups in total. The number of carbonyl (C=O) groups excluding carboxylic acids is 1. The van der Waals surface area contributed by atoms with E-state index in [1.54, 1.807) is 24.0 Å². The molecular formula is C11H20N4O. The van der Waals surface area contributed by atoms with E-state index >= 15 is 0 Å². The topological polar surface area (TPSA) is 72.9 Å². The maximum atomic E-state index is 11.8. The molecule has 16 heavy (non-hydrogen) atoms. The Labute approximate surface area is 96.0 Å². The van der Waals surface area contributed by atoms with Gasteiger partial charge in [0.1, 0.15) is 5.69 Å². The number of rotatable bonds is 6. The van der Waals surface area contributed by atoms with Crippen molar-refractivity contribution in [2.24, 2.45) is 12.8 Å². The molecule has 1 aromatic rings. The predicted molar refractivity (Wildman–Crippen MR) is 63.0 cm³/mol. The molecule has 5 nitrogen and oxygen atoms in total. The standard InChI is InChI=1S/C11H20N4O/c1-3-4-5-9(8-12)14-11(16)10-6-7-13-15(10)2/h6-7,9H,3-5,8,12H2,1-2H3,(H,14,16). The van der Waals surface area contributed by atoms with E-state index in [0.717, 1.165) is 19.3 Å². The highest BCUT2D eigenvalue weighted by Crippen LogP contribution is 2.02. The van der Waals surface area contributed by atoms with Gasteiger partial charge < -0.3 is 11.1 Å². The van der Waals surface area contributed by atoms with Gasteiger partial charge in [0.25, 0.3) is 5.91 Å². The van der Waals surface area contributed by atoms with Gasteiger partial charge >= 0.3 is 0 Å². The second-order valence-electron chi connectivity index (χ2n) is 3.89. The summed E-state index contributed by atoms with van der Waals surface area (Å²) in [7, 11) is 1.75. The first kappa shape index (κ1) is 12.7. The minimum absolute atomic E-state index is 0.0577. The van der Waals surface area contributed by atoms with Crippen molar-refractivity contribution < 1.29 is 4.79 Å². The second-order valence-corrected chi connectivity index (χ2v) is 3.89. The van der Waals surface area contributed by atoms with Gasteiger partial charge in [-0.15, -0.1) is 0 Å². The fourth-order valence-corrected chi connectivity index (χ4v) is 1.56. The minimum atomic E-state index is -0.105. The largest absolute Gasteiger partial charge is 0.347 e. The number of amides is 1. The summed E-state index contributed by atoms with van der Waals surface area (Å²) in [4.78, 5) is 11.8. The van der Waals surface area contributed by atoms with Gasteiger partial charge in [0.2, 0.25) is 0 Å². The maximum Gasteiger partial charge on any atom is 0.269 e. The van der Waals surface area contributed by atoms with Gasteiger partial charge in [0.15, 0.2) is 0 Å². The molecule has 0 fully saturated rings. The van der Waals surface area contributed by atoms with Crippen LogP contribution in [0.4, 0.5) is 0 Å². The number of hydrogen-bond donors (Lipinski definition) is 2. The van der Waals surface area contributed by atoms with Crippen LogP contribution in [0.2, 0.25) is 0 Å². The van der Waals surface area contributed by atoms with E-state index in [1.165, 1.54) is 0 Å². The van der Waals surface area contributed by atoms with E-state index in [-0.39, 0.29) is 11.9 Å². The Morgan fingerprint density at radius 3 is 2.94 bits per heavy atom. The first-order valence-electron chi connectivity index (χ1n) is 5.68. The summed E-state index contributed by atoms with van der Waals surface area (Å²) in [5, 5.41) is 6.88. The Bertz CT molecular complexity index is 334. The number of aromatic nitrogens is 2. The molecule has 1 aromatic heterocycles. The van der Waals surface area contributed by atoms with Gasteiger partial charge in [0, 0.05) is 25.8 Å². The van der Waals surface area contributed by atoms with Gasteiger partial charge in [-0.25, -0.2) is 0 Å². The number of nitrogens with two attached hydrogens (primary N) is 1. The van der Waals surface area contributed by atoms with Crippen molar-refractivity contribution in [3.05, 3.63) is 18.0 Å². The molecule has 0 bridgehead atoms. The number of carbonyl (C=O) groups is 1. The monoisotopic (exact) mass is 224 g/mol. The molecule has 0 saturated heterocycles. The van der Waals surface area contributed by atoms with Crippen LogP contribution in [0.3, 0.4) is 0 Å². The van der Waals surface area contributed by atoms with Crippen molar-refractivity contribution >= 4 is 5.91 Å². The molecular weight excluding hydrogens is 204 g/mol. The summed E-state index contributed by atoms with van der Waals surface area (Å²) in [6.07, 6.45) is 4.72. The number of aryl methyl sites for hydroxylation is 1. The Morgan fingerprint density at radius 1 is 1.69 bits per heavy atom. The third-order valence-corrected chi connectivity index (χ3v) is 2.58. The summed E-state index contributed by atoms with van der Waals surface area (Å²) in [5.74, 6) is -0.105. The van der Waals surface area contributed by atoms with Crippen molar-refractivity contribution in [2.75, 3.05) is 6.54 Å². The van der Waals surface area contributed by atoms with Crippen LogP contribution in [0.5, 0.6) is 0 Å². The zero-order valence-electron chi connectivity index (χ0n) is 9.94. The highest BCUT2D eigenvalue weighted by molar-refractivity contribution is 5.92. The highest BCUT2D eigenvalue weighted by Gasteiger charge is 2.14. The second kappa shape index (κ2) is 6.27. The van der Waals surface area contributed by atoms with Crippen LogP contribution < -0.4 is 11.1 Å². The SMILES string of the molecule is CCCCC(CN)NC(=O)c1ccnn1C. The van der Waals surface area contributed by atoms with Crippen LogP contribution in [-0.2, 0) is 7.05 Å². The fraction of sp³-hybridized carbons (Fsp3) is 0.636. The average Bonchev–Trinajstić information content (AvgIpc) is 2.70. The molecule has 0 saturated carbocycles. The maximum absolute atomic E-state index is 11.8. The number of nitrogens with zero attached hydrogens (tertiary/aromatic N) is 2. The summed E-state index contributed by atoms with van der Waals surface area (Å²) < 4.78 is 1.56. The zero-order valence-corrected chi connectivity index (χ0v) is 9.94. The Hall–Kier alpha value is -1.36. The Kier molecular flexibility index (Phi) is 4.98. The molecule has 1 unspecified atom stereocenters. The smallest absolute Gasteiger partial charge is 0.269 e. The molecule has 1 amide bonds. The molecule has 1 atom stereocenters. The lowest BCUT2D eigenvalue weighted by Gasteiger charge is -2.16. The Balaban J connectivity index is 2.52. The molecule has 90 valence electrons. The molecule has 1 rings (SSSR count). The molecule has 0 aliphatic rings. The third kappa shape index (κ3) is 3.34. The number of hydrogen-bond acceptors (Lipinski definition) is 3. The van der Waals surface area contributed by atoms with Gasteiger partial charge in [-0.3, -0.25) is 9.48 Å². The van der Waals surface area contributed by atoms with E-state index < -0.39 is 0 Å². The van der Waals surface area contributed by atoms with E-state index in [4.69, 9.17) is 5.73 Å². The van der Waals surface area contributed by atoms with Gasteiger partial charge in [-0.1, -0.05) is 19.8 Å². The number of nitrogens with one attached hydrogen (secondary N) is 1. The molecule has 0 aliphatic heterocycles. The first-order valence-corrected chi connectivity index (χ1v) is 5.68. The van der Waals surface area contributed by atoms with Crippen LogP contribution >= 0.6 is 0 Å². The van der Waals surface area contributed by atoms with Crippen molar-refractivity contribution in [3.63, 3.8) is 0 Å².